The first kappa shape index (κ1) is 14.0. The fraction of sp³-hybridized carbons (Fsp3) is 0.235. The van der Waals surface area contributed by atoms with Gasteiger partial charge in [0.05, 0.1) is 16.7 Å². The molecule has 3 rings (SSSR count). The van der Waals surface area contributed by atoms with Gasteiger partial charge in [0.25, 0.3) is 0 Å². The van der Waals surface area contributed by atoms with Crippen LogP contribution in [-0.4, -0.2) is 9.55 Å². The highest BCUT2D eigenvalue weighted by atomic mass is 35.5. The lowest BCUT2D eigenvalue weighted by Crippen LogP contribution is -1.99. The highest BCUT2D eigenvalue weighted by molar-refractivity contribution is 6.35. The SMILES string of the molecule is CC(C)n1cc(COc2cccnc2)c2cccc(Cl)c21. The third-order valence-corrected chi connectivity index (χ3v) is 3.78. The zero-order chi connectivity index (χ0) is 14.8. The molecule has 3 nitrogen and oxygen atoms in total. The fourth-order valence-electron chi connectivity index (χ4n) is 2.45. The van der Waals surface area contributed by atoms with E-state index in [1.54, 1.807) is 12.4 Å². The Labute approximate surface area is 129 Å². The van der Waals surface area contributed by atoms with Crippen molar-refractivity contribution in [3.05, 3.63) is 59.5 Å². The number of ether oxygens (including phenoxy) is 1. The number of para-hydroxylation sites is 1. The molecule has 0 radical (unpaired) electrons. The van der Waals surface area contributed by atoms with E-state index in [-0.39, 0.29) is 0 Å². The molecular weight excluding hydrogens is 284 g/mol. The van der Waals surface area contributed by atoms with Gasteiger partial charge in [-0.2, -0.15) is 0 Å². The second kappa shape index (κ2) is 5.78. The molecule has 0 saturated carbocycles. The minimum atomic E-state index is 0.347. The Morgan fingerprint density at radius 1 is 1.24 bits per heavy atom. The number of nitrogens with zero attached hydrogens (tertiary/aromatic N) is 2. The third kappa shape index (κ3) is 2.74. The van der Waals surface area contributed by atoms with Crippen LogP contribution in [0.3, 0.4) is 0 Å². The number of hydrogen-bond acceptors (Lipinski definition) is 2. The summed E-state index contributed by atoms with van der Waals surface area (Å²) in [5, 5.41) is 1.91. The predicted octanol–water partition coefficient (Wildman–Crippen LogP) is 4.85. The van der Waals surface area contributed by atoms with Crippen molar-refractivity contribution in [2.45, 2.75) is 26.5 Å². The van der Waals surface area contributed by atoms with Gasteiger partial charge in [0.15, 0.2) is 0 Å². The zero-order valence-corrected chi connectivity index (χ0v) is 12.8. The van der Waals surface area contributed by atoms with E-state index in [2.05, 4.69) is 35.7 Å². The normalized spacial score (nSPS) is 11.2. The lowest BCUT2D eigenvalue weighted by molar-refractivity contribution is 0.306. The summed E-state index contributed by atoms with van der Waals surface area (Å²) >= 11 is 6.37. The average molecular weight is 301 g/mol. The zero-order valence-electron chi connectivity index (χ0n) is 12.1. The van der Waals surface area contributed by atoms with Gasteiger partial charge in [0.1, 0.15) is 12.4 Å². The van der Waals surface area contributed by atoms with Gasteiger partial charge in [-0.15, -0.1) is 0 Å². The summed E-state index contributed by atoms with van der Waals surface area (Å²) in [4.78, 5) is 4.06. The van der Waals surface area contributed by atoms with Gasteiger partial charge in [0.2, 0.25) is 0 Å². The van der Waals surface area contributed by atoms with Crippen LogP contribution in [0.15, 0.2) is 48.9 Å². The summed E-state index contributed by atoms with van der Waals surface area (Å²) < 4.78 is 8.01. The maximum absolute atomic E-state index is 6.37. The van der Waals surface area contributed by atoms with Crippen molar-refractivity contribution >= 4 is 22.5 Å². The molecule has 0 aliphatic rings. The van der Waals surface area contributed by atoms with E-state index < -0.39 is 0 Å². The van der Waals surface area contributed by atoms with Gasteiger partial charge >= 0.3 is 0 Å². The lowest BCUT2D eigenvalue weighted by atomic mass is 10.2. The van der Waals surface area contributed by atoms with E-state index in [4.69, 9.17) is 16.3 Å². The quantitative estimate of drug-likeness (QED) is 0.688. The molecule has 1 aromatic carbocycles. The number of hydrogen-bond donors (Lipinski definition) is 0. The molecule has 0 aliphatic carbocycles. The predicted molar refractivity (Wildman–Crippen MR) is 85.9 cm³/mol. The molecule has 21 heavy (non-hydrogen) atoms. The first-order valence-corrected chi connectivity index (χ1v) is 7.35. The summed E-state index contributed by atoms with van der Waals surface area (Å²) in [7, 11) is 0. The van der Waals surface area contributed by atoms with Gasteiger partial charge < -0.3 is 9.30 Å². The van der Waals surface area contributed by atoms with Crippen LogP contribution in [0.5, 0.6) is 5.75 Å². The van der Waals surface area contributed by atoms with Crippen LogP contribution >= 0.6 is 11.6 Å². The first-order valence-electron chi connectivity index (χ1n) is 6.97. The number of fused-ring (bicyclic) bond motifs is 1. The second-order valence-corrected chi connectivity index (χ2v) is 5.68. The maximum Gasteiger partial charge on any atom is 0.138 e. The van der Waals surface area contributed by atoms with Crippen LogP contribution < -0.4 is 4.74 Å². The average Bonchev–Trinajstić information content (AvgIpc) is 2.87. The standard InChI is InChI=1S/C17H17ClN2O/c1-12(2)20-10-13(11-21-14-5-4-8-19-9-14)15-6-3-7-16(18)17(15)20/h3-10,12H,11H2,1-2H3. The van der Waals surface area contributed by atoms with E-state index in [1.165, 1.54) is 0 Å². The summed E-state index contributed by atoms with van der Waals surface area (Å²) in [6.45, 7) is 4.80. The molecule has 0 bridgehead atoms. The number of pyridine rings is 1. The summed E-state index contributed by atoms with van der Waals surface area (Å²) in [6, 6.07) is 10.1. The molecule has 0 spiro atoms. The van der Waals surface area contributed by atoms with Crippen molar-refractivity contribution in [3.63, 3.8) is 0 Å². The molecule has 3 aromatic rings. The molecule has 0 fully saturated rings. The molecule has 2 heterocycles. The Hall–Kier alpha value is -2.00. The molecule has 4 heteroatoms. The highest BCUT2D eigenvalue weighted by Gasteiger charge is 2.13. The smallest absolute Gasteiger partial charge is 0.138 e. The Morgan fingerprint density at radius 2 is 2.10 bits per heavy atom. The largest absolute Gasteiger partial charge is 0.487 e. The second-order valence-electron chi connectivity index (χ2n) is 5.27. The summed E-state index contributed by atoms with van der Waals surface area (Å²) in [5.41, 5.74) is 2.20. The van der Waals surface area contributed by atoms with Gasteiger partial charge in [-0.25, -0.2) is 0 Å². The van der Waals surface area contributed by atoms with Crippen molar-refractivity contribution in [2.24, 2.45) is 0 Å². The number of halogens is 1. The monoisotopic (exact) mass is 300 g/mol. The van der Waals surface area contributed by atoms with Crippen molar-refractivity contribution in [2.75, 3.05) is 0 Å². The van der Waals surface area contributed by atoms with Crippen LogP contribution in [0.1, 0.15) is 25.5 Å². The number of aromatic nitrogens is 2. The third-order valence-electron chi connectivity index (χ3n) is 3.47. The van der Waals surface area contributed by atoms with Crippen LogP contribution in [0.25, 0.3) is 10.9 Å². The van der Waals surface area contributed by atoms with Crippen molar-refractivity contribution < 1.29 is 4.74 Å². The molecule has 0 amide bonds. The topological polar surface area (TPSA) is 27.1 Å². The van der Waals surface area contributed by atoms with Crippen molar-refractivity contribution in [1.29, 1.82) is 0 Å². The molecule has 108 valence electrons. The molecule has 0 atom stereocenters. The Morgan fingerprint density at radius 3 is 2.81 bits per heavy atom. The van der Waals surface area contributed by atoms with E-state index >= 15 is 0 Å². The first-order chi connectivity index (χ1) is 10.2. The lowest BCUT2D eigenvalue weighted by Gasteiger charge is -2.09. The van der Waals surface area contributed by atoms with Gasteiger partial charge in [-0.05, 0) is 32.0 Å². The molecule has 2 aromatic heterocycles. The van der Waals surface area contributed by atoms with E-state index in [0.717, 1.165) is 27.2 Å². The van der Waals surface area contributed by atoms with Crippen molar-refractivity contribution in [1.82, 2.24) is 9.55 Å². The van der Waals surface area contributed by atoms with E-state index in [1.807, 2.05) is 24.3 Å². The summed E-state index contributed by atoms with van der Waals surface area (Å²) in [6.07, 6.45) is 5.57. The van der Waals surface area contributed by atoms with E-state index in [9.17, 15) is 0 Å². The van der Waals surface area contributed by atoms with Gasteiger partial charge in [-0.1, -0.05) is 23.7 Å². The molecule has 0 saturated heterocycles. The highest BCUT2D eigenvalue weighted by Crippen LogP contribution is 2.31. The van der Waals surface area contributed by atoms with Crippen molar-refractivity contribution in [3.8, 4) is 5.75 Å². The van der Waals surface area contributed by atoms with E-state index in [0.29, 0.717) is 12.6 Å². The minimum absolute atomic E-state index is 0.347. The van der Waals surface area contributed by atoms with Gasteiger partial charge in [0, 0.05) is 29.4 Å². The Kier molecular flexibility index (Phi) is 3.84. The Bertz CT molecular complexity index is 750. The van der Waals surface area contributed by atoms with Crippen LogP contribution in [-0.2, 0) is 6.61 Å². The fourth-order valence-corrected chi connectivity index (χ4v) is 2.73. The maximum atomic E-state index is 6.37. The van der Waals surface area contributed by atoms with Gasteiger partial charge in [-0.3, -0.25) is 4.98 Å². The minimum Gasteiger partial charge on any atom is -0.487 e. The Balaban J connectivity index is 1.97. The molecular formula is C17H17ClN2O. The molecule has 0 unspecified atom stereocenters. The van der Waals surface area contributed by atoms with Crippen LogP contribution in [0, 0.1) is 0 Å². The van der Waals surface area contributed by atoms with Crippen LogP contribution in [0.2, 0.25) is 5.02 Å². The molecule has 0 aliphatic heterocycles. The number of benzene rings is 1. The van der Waals surface area contributed by atoms with Crippen LogP contribution in [0.4, 0.5) is 0 Å². The molecule has 0 N–H and O–H groups in total. The number of rotatable bonds is 4. The summed E-state index contributed by atoms with van der Waals surface area (Å²) in [5.74, 6) is 0.768.